The van der Waals surface area contributed by atoms with Gasteiger partial charge in [-0.3, -0.25) is 4.98 Å². The normalized spacial score (nSPS) is 13.8. The average Bonchev–Trinajstić information content (AvgIpc) is 3.79. The van der Waals surface area contributed by atoms with Gasteiger partial charge >= 0.3 is 6.09 Å². The third kappa shape index (κ3) is 6.17. The van der Waals surface area contributed by atoms with Gasteiger partial charge in [0.2, 0.25) is 0 Å². The topological polar surface area (TPSA) is 120 Å². The number of carbonyl (C=O) groups is 1. The fourth-order valence-corrected chi connectivity index (χ4v) is 5.85. The number of rotatable bonds is 9. The summed E-state index contributed by atoms with van der Waals surface area (Å²) >= 11 is 0. The number of hydrogen-bond acceptors (Lipinski definition) is 8. The van der Waals surface area contributed by atoms with Crippen LogP contribution in [0.5, 0.6) is 17.2 Å². The zero-order chi connectivity index (χ0) is 30.1. The summed E-state index contributed by atoms with van der Waals surface area (Å²) in [5, 5.41) is 5.29. The number of ether oxygens (including phenoxy) is 2. The summed E-state index contributed by atoms with van der Waals surface area (Å²) in [5.41, 5.74) is 3.12. The van der Waals surface area contributed by atoms with Crippen LogP contribution >= 0.6 is 0 Å². The Kier molecular flexibility index (Phi) is 7.49. The molecule has 1 saturated carbocycles. The van der Waals surface area contributed by atoms with Gasteiger partial charge in [-0.2, -0.15) is 0 Å². The van der Waals surface area contributed by atoms with Crippen molar-refractivity contribution < 1.29 is 31.5 Å². The zero-order valence-electron chi connectivity index (χ0n) is 23.3. The van der Waals surface area contributed by atoms with E-state index >= 15 is 0 Å². The third-order valence-electron chi connectivity index (χ3n) is 7.12. The highest BCUT2D eigenvalue weighted by Gasteiger charge is 2.32. The standard InChI is InChI=1S/C32H28FN3O6S/c1-34-32(37)42-30-26-17-25(19-3-4-19)27(36-31(43(2,38)39)21-13-15-35-16-14-21)18-28(26)41-29(30)20-5-9-23(10-6-20)40-24-11-7-22(33)8-12-24/h5-19,31,36H,3-4H2,1-2H3,(H,34,37). The van der Waals surface area contributed by atoms with Crippen molar-refractivity contribution in [1.29, 1.82) is 0 Å². The first-order valence-corrected chi connectivity index (χ1v) is 15.5. The number of aromatic nitrogens is 1. The lowest BCUT2D eigenvalue weighted by atomic mass is 10.0. The molecule has 0 radical (unpaired) electrons. The van der Waals surface area contributed by atoms with E-state index in [0.717, 1.165) is 18.4 Å². The summed E-state index contributed by atoms with van der Waals surface area (Å²) in [7, 11) is -2.10. The van der Waals surface area contributed by atoms with E-state index in [1.54, 1.807) is 54.9 Å². The zero-order valence-corrected chi connectivity index (χ0v) is 24.2. The van der Waals surface area contributed by atoms with Gasteiger partial charge in [-0.1, -0.05) is 0 Å². The Labute approximate surface area is 247 Å². The second-order valence-corrected chi connectivity index (χ2v) is 12.5. The van der Waals surface area contributed by atoms with Crippen LogP contribution in [0.1, 0.15) is 35.3 Å². The summed E-state index contributed by atoms with van der Waals surface area (Å²) in [4.78, 5) is 16.4. The van der Waals surface area contributed by atoms with E-state index in [2.05, 4.69) is 15.6 Å². The number of amides is 1. The number of nitrogens with zero attached hydrogens (tertiary/aromatic N) is 1. The number of halogens is 1. The highest BCUT2D eigenvalue weighted by atomic mass is 32.2. The molecule has 2 aromatic heterocycles. The second kappa shape index (κ2) is 11.4. The van der Waals surface area contributed by atoms with E-state index in [0.29, 0.717) is 45.0 Å². The summed E-state index contributed by atoms with van der Waals surface area (Å²) in [6.07, 6.45) is 5.53. The molecular formula is C32H28FN3O6S. The summed E-state index contributed by atoms with van der Waals surface area (Å²) in [6.45, 7) is 0. The summed E-state index contributed by atoms with van der Waals surface area (Å²) in [5.74, 6) is 1.42. The lowest BCUT2D eigenvalue weighted by Crippen LogP contribution is -2.22. The molecule has 220 valence electrons. The number of benzene rings is 3. The number of anilines is 1. The Morgan fingerprint density at radius 3 is 2.26 bits per heavy atom. The smallest absolute Gasteiger partial charge is 0.412 e. The number of fused-ring (bicyclic) bond motifs is 1. The minimum atomic E-state index is -3.56. The minimum absolute atomic E-state index is 0.221. The molecular weight excluding hydrogens is 573 g/mol. The van der Waals surface area contributed by atoms with Crippen molar-refractivity contribution >= 4 is 32.6 Å². The first kappa shape index (κ1) is 28.2. The van der Waals surface area contributed by atoms with E-state index < -0.39 is 21.3 Å². The summed E-state index contributed by atoms with van der Waals surface area (Å²) < 4.78 is 56.8. The molecule has 5 aromatic rings. The van der Waals surface area contributed by atoms with Gasteiger partial charge in [-0.15, -0.1) is 0 Å². The van der Waals surface area contributed by atoms with Crippen LogP contribution in [0.15, 0.2) is 89.6 Å². The van der Waals surface area contributed by atoms with E-state index in [1.807, 2.05) is 6.07 Å². The second-order valence-electron chi connectivity index (χ2n) is 10.3. The van der Waals surface area contributed by atoms with Crippen molar-refractivity contribution in [2.45, 2.75) is 24.1 Å². The van der Waals surface area contributed by atoms with Crippen LogP contribution in [0.2, 0.25) is 0 Å². The fraction of sp³-hybridized carbons (Fsp3) is 0.188. The highest BCUT2D eigenvalue weighted by Crippen LogP contribution is 2.49. The van der Waals surface area contributed by atoms with Crippen LogP contribution in [-0.2, 0) is 9.84 Å². The minimum Gasteiger partial charge on any atom is -0.457 e. The van der Waals surface area contributed by atoms with Crippen molar-refractivity contribution in [2.75, 3.05) is 18.6 Å². The van der Waals surface area contributed by atoms with Crippen LogP contribution < -0.4 is 20.1 Å². The molecule has 11 heteroatoms. The Bertz CT molecular complexity index is 1890. The molecule has 1 aliphatic rings. The van der Waals surface area contributed by atoms with Crippen molar-refractivity contribution in [2.24, 2.45) is 0 Å². The molecule has 0 bridgehead atoms. The maximum absolute atomic E-state index is 13.3. The number of pyridine rings is 1. The average molecular weight is 602 g/mol. The van der Waals surface area contributed by atoms with Gasteiger partial charge in [0, 0.05) is 43.0 Å². The molecule has 0 saturated heterocycles. The van der Waals surface area contributed by atoms with Crippen LogP contribution in [0.4, 0.5) is 14.9 Å². The number of hydrogen-bond donors (Lipinski definition) is 2. The molecule has 0 aliphatic heterocycles. The molecule has 1 aliphatic carbocycles. The van der Waals surface area contributed by atoms with Gasteiger partial charge in [-0.25, -0.2) is 17.6 Å². The van der Waals surface area contributed by atoms with Gasteiger partial charge < -0.3 is 24.5 Å². The van der Waals surface area contributed by atoms with E-state index in [1.165, 1.54) is 37.6 Å². The molecule has 43 heavy (non-hydrogen) atoms. The summed E-state index contributed by atoms with van der Waals surface area (Å²) in [6, 6.07) is 19.7. The van der Waals surface area contributed by atoms with Gasteiger partial charge in [0.1, 0.15) is 22.9 Å². The Hall–Kier alpha value is -4.90. The van der Waals surface area contributed by atoms with Crippen LogP contribution in [0.3, 0.4) is 0 Å². The number of furan rings is 1. The maximum Gasteiger partial charge on any atom is 0.412 e. The van der Waals surface area contributed by atoms with Crippen LogP contribution in [0, 0.1) is 5.82 Å². The third-order valence-corrected chi connectivity index (χ3v) is 8.37. The monoisotopic (exact) mass is 601 g/mol. The Morgan fingerprint density at radius 2 is 1.65 bits per heavy atom. The number of sulfone groups is 1. The first-order chi connectivity index (χ1) is 20.7. The fourth-order valence-electron chi connectivity index (χ4n) is 4.86. The van der Waals surface area contributed by atoms with Crippen molar-refractivity contribution in [1.82, 2.24) is 10.3 Å². The number of carbonyl (C=O) groups excluding carboxylic acids is 1. The quantitative estimate of drug-likeness (QED) is 0.182. The molecule has 3 aromatic carbocycles. The largest absolute Gasteiger partial charge is 0.457 e. The van der Waals surface area contributed by atoms with Crippen molar-refractivity contribution in [3.63, 3.8) is 0 Å². The van der Waals surface area contributed by atoms with E-state index in [-0.39, 0.29) is 17.5 Å². The van der Waals surface area contributed by atoms with Crippen LogP contribution in [-0.4, -0.2) is 32.8 Å². The lowest BCUT2D eigenvalue weighted by Gasteiger charge is -2.21. The Balaban J connectivity index is 1.41. The SMILES string of the molecule is CNC(=O)Oc1c(-c2ccc(Oc3ccc(F)cc3)cc2)oc2cc(NC(c3ccncc3)S(C)(=O)=O)c(C3CC3)cc12. The lowest BCUT2D eigenvalue weighted by molar-refractivity contribution is 0.203. The maximum atomic E-state index is 13.3. The molecule has 1 amide bonds. The van der Waals surface area contributed by atoms with Crippen LogP contribution in [0.25, 0.3) is 22.3 Å². The predicted molar refractivity (Wildman–Crippen MR) is 161 cm³/mol. The molecule has 1 unspecified atom stereocenters. The van der Waals surface area contributed by atoms with Gasteiger partial charge in [0.25, 0.3) is 0 Å². The van der Waals surface area contributed by atoms with Crippen molar-refractivity contribution in [3.8, 4) is 28.6 Å². The van der Waals surface area contributed by atoms with E-state index in [4.69, 9.17) is 13.9 Å². The van der Waals surface area contributed by atoms with Gasteiger partial charge in [0.15, 0.2) is 26.7 Å². The van der Waals surface area contributed by atoms with E-state index in [9.17, 15) is 17.6 Å². The molecule has 2 heterocycles. The van der Waals surface area contributed by atoms with Crippen molar-refractivity contribution in [3.05, 3.63) is 102 Å². The molecule has 1 atom stereocenters. The number of nitrogens with one attached hydrogen (secondary N) is 2. The molecule has 1 fully saturated rings. The highest BCUT2D eigenvalue weighted by molar-refractivity contribution is 7.91. The Morgan fingerprint density at radius 1 is 1.00 bits per heavy atom. The molecule has 9 nitrogen and oxygen atoms in total. The molecule has 2 N–H and O–H groups in total. The molecule has 6 rings (SSSR count). The molecule has 0 spiro atoms. The first-order valence-electron chi connectivity index (χ1n) is 13.6. The predicted octanol–water partition coefficient (Wildman–Crippen LogP) is 7.18. The van der Waals surface area contributed by atoms with Gasteiger partial charge in [-0.05, 0) is 96.6 Å². The van der Waals surface area contributed by atoms with Gasteiger partial charge in [0.05, 0.1) is 5.39 Å².